The minimum Gasteiger partial charge on any atom is -0.214 e. The molecular weight excluding hydrogens is 205 g/mol. The molecule has 0 unspecified atom stereocenters. The summed E-state index contributed by atoms with van der Waals surface area (Å²) in [7, 11) is 14.8. The van der Waals surface area contributed by atoms with Gasteiger partial charge < -0.3 is 0 Å². The summed E-state index contributed by atoms with van der Waals surface area (Å²) in [5.74, 6) is 0. The molecule has 0 aliphatic heterocycles. The van der Waals surface area contributed by atoms with Gasteiger partial charge in [-0.3, -0.25) is 0 Å². The Labute approximate surface area is 79.8 Å². The molecule has 1 aliphatic carbocycles. The van der Waals surface area contributed by atoms with Crippen LogP contribution in [0.25, 0.3) is 0 Å². The molecule has 0 amide bonds. The average molecular weight is 216 g/mol. The zero-order valence-corrected chi connectivity index (χ0v) is 9.25. The molecule has 0 N–H and O–H groups in total. The highest BCUT2D eigenvalue weighted by Gasteiger charge is 2.00. The lowest BCUT2D eigenvalue weighted by Crippen LogP contribution is -1.87. The highest BCUT2D eigenvalue weighted by atomic mass is 35.8. The van der Waals surface area contributed by atoms with Crippen LogP contribution in [0.3, 0.4) is 0 Å². The molecule has 59 valence electrons. The van der Waals surface area contributed by atoms with Crippen LogP contribution in [0.5, 0.6) is 0 Å². The van der Waals surface area contributed by atoms with Gasteiger partial charge in [-0.25, -0.2) is 30.1 Å². The fourth-order valence-corrected chi connectivity index (χ4v) is 0.898. The fourth-order valence-electron chi connectivity index (χ4n) is 0.898. The predicted octanol–water partition coefficient (Wildman–Crippen LogP) is 3.84. The fraction of sp³-hybridized carbons (Fsp3) is 0.833. The second-order valence-electron chi connectivity index (χ2n) is 2.17. The first-order valence-corrected chi connectivity index (χ1v) is 8.71. The van der Waals surface area contributed by atoms with Crippen molar-refractivity contribution in [1.29, 1.82) is 0 Å². The van der Waals surface area contributed by atoms with Crippen molar-refractivity contribution in [2.75, 3.05) is 0 Å². The molecule has 4 heteroatoms. The van der Waals surface area contributed by atoms with E-state index >= 15 is 0 Å². The Bertz CT molecular complexity index is 49.7. The first kappa shape index (κ1) is 11.4. The lowest BCUT2D eigenvalue weighted by molar-refractivity contribution is 0.593. The van der Waals surface area contributed by atoms with E-state index < -0.39 is 11.4 Å². The van der Waals surface area contributed by atoms with Crippen molar-refractivity contribution in [2.24, 2.45) is 0 Å². The highest BCUT2D eigenvalue weighted by Crippen LogP contribution is 2.14. The maximum absolute atomic E-state index is 4.94. The van der Waals surface area contributed by atoms with E-state index in [1.165, 1.54) is 32.1 Å². The van der Waals surface area contributed by atoms with E-state index in [-0.39, 0.29) is 0 Å². The quantitative estimate of drug-likeness (QED) is 0.540. The van der Waals surface area contributed by atoms with Gasteiger partial charge in [-0.2, -0.15) is 0 Å². The van der Waals surface area contributed by atoms with Gasteiger partial charge in [0, 0.05) is 0 Å². The summed E-state index contributed by atoms with van der Waals surface area (Å²) >= 11 is -1.72. The number of rotatable bonds is 0. The molecule has 0 aromatic heterocycles. The lowest BCUT2D eigenvalue weighted by Gasteiger charge is -2.05. The molecular formula is C6H11AlCl3. The Balaban J connectivity index is 0.000000180. The van der Waals surface area contributed by atoms with Crippen LogP contribution in [0.2, 0.25) is 0 Å². The summed E-state index contributed by atoms with van der Waals surface area (Å²) in [4.78, 5) is 0. The Kier molecular flexibility index (Phi) is 9.69. The zero-order chi connectivity index (χ0) is 7.82. The summed E-state index contributed by atoms with van der Waals surface area (Å²) in [5.41, 5.74) is 0. The number of hydrogen-bond acceptors (Lipinski definition) is 0. The molecule has 1 saturated carbocycles. The van der Waals surface area contributed by atoms with Crippen LogP contribution in [-0.2, 0) is 0 Å². The van der Waals surface area contributed by atoms with E-state index in [0.717, 1.165) is 0 Å². The minimum atomic E-state index is -1.72. The van der Waals surface area contributed by atoms with Crippen LogP contribution in [0, 0.1) is 6.42 Å². The van der Waals surface area contributed by atoms with Crippen molar-refractivity contribution in [1.82, 2.24) is 0 Å². The van der Waals surface area contributed by atoms with Crippen molar-refractivity contribution >= 4 is 41.5 Å². The van der Waals surface area contributed by atoms with Crippen molar-refractivity contribution in [3.05, 3.63) is 6.42 Å². The molecule has 0 bridgehead atoms. The third-order valence-corrected chi connectivity index (χ3v) is 1.32. The Hall–Kier alpha value is 1.40. The first-order chi connectivity index (χ1) is 4.73. The topological polar surface area (TPSA) is 0 Å². The van der Waals surface area contributed by atoms with Gasteiger partial charge >= 0.3 is 11.4 Å². The van der Waals surface area contributed by atoms with Crippen molar-refractivity contribution < 1.29 is 0 Å². The number of hydrogen-bond donors (Lipinski definition) is 0. The van der Waals surface area contributed by atoms with Crippen molar-refractivity contribution in [3.63, 3.8) is 0 Å². The van der Waals surface area contributed by atoms with Crippen molar-refractivity contribution in [2.45, 2.75) is 32.1 Å². The van der Waals surface area contributed by atoms with E-state index in [2.05, 4.69) is 6.42 Å². The maximum Gasteiger partial charge on any atom is 0.643 e. The van der Waals surface area contributed by atoms with Gasteiger partial charge in [0.2, 0.25) is 0 Å². The van der Waals surface area contributed by atoms with Crippen LogP contribution in [0.15, 0.2) is 0 Å². The molecule has 0 heterocycles. The summed E-state index contributed by atoms with van der Waals surface area (Å²) in [6.45, 7) is 0. The SMILES string of the molecule is [CH]1CCCCC1.[Cl][Al]([Cl])[Cl]. The van der Waals surface area contributed by atoms with Gasteiger partial charge in [-0.1, -0.05) is 32.1 Å². The molecule has 1 fully saturated rings. The average Bonchev–Trinajstić information content (AvgIpc) is 1.90. The van der Waals surface area contributed by atoms with Crippen LogP contribution in [0.4, 0.5) is 0 Å². The highest BCUT2D eigenvalue weighted by molar-refractivity contribution is 7.54. The van der Waals surface area contributed by atoms with Gasteiger partial charge in [-0.05, 0) is 6.42 Å². The molecule has 0 aromatic rings. The van der Waals surface area contributed by atoms with E-state index in [1.807, 2.05) is 0 Å². The molecule has 10 heavy (non-hydrogen) atoms. The van der Waals surface area contributed by atoms with E-state index in [4.69, 9.17) is 30.1 Å². The molecule has 1 radical (unpaired) electrons. The largest absolute Gasteiger partial charge is 0.643 e. The molecule has 0 saturated heterocycles. The first-order valence-electron chi connectivity index (χ1n) is 3.47. The van der Waals surface area contributed by atoms with Gasteiger partial charge in [0.05, 0.1) is 0 Å². The maximum atomic E-state index is 4.94. The van der Waals surface area contributed by atoms with E-state index in [9.17, 15) is 0 Å². The van der Waals surface area contributed by atoms with Crippen molar-refractivity contribution in [3.8, 4) is 0 Å². The van der Waals surface area contributed by atoms with E-state index in [0.29, 0.717) is 0 Å². The van der Waals surface area contributed by atoms with Gasteiger partial charge in [0.1, 0.15) is 0 Å². The minimum absolute atomic E-state index is 1.38. The molecule has 1 rings (SSSR count). The summed E-state index contributed by atoms with van der Waals surface area (Å²) in [5, 5.41) is 0. The third kappa shape index (κ3) is 12.1. The van der Waals surface area contributed by atoms with Crippen LogP contribution < -0.4 is 0 Å². The Morgan fingerprint density at radius 1 is 0.900 bits per heavy atom. The third-order valence-electron chi connectivity index (χ3n) is 1.32. The summed E-state index contributed by atoms with van der Waals surface area (Å²) in [6, 6.07) is 0. The normalized spacial score (nSPS) is 17.1. The Morgan fingerprint density at radius 2 is 1.30 bits per heavy atom. The second-order valence-corrected chi connectivity index (χ2v) is 8.61. The smallest absolute Gasteiger partial charge is 0.214 e. The summed E-state index contributed by atoms with van der Waals surface area (Å²) < 4.78 is 0. The zero-order valence-electron chi connectivity index (χ0n) is 5.82. The second kappa shape index (κ2) is 8.50. The Morgan fingerprint density at radius 3 is 1.40 bits per heavy atom. The van der Waals surface area contributed by atoms with Crippen LogP contribution in [0.1, 0.15) is 32.1 Å². The van der Waals surface area contributed by atoms with Gasteiger partial charge in [0.25, 0.3) is 0 Å². The molecule has 1 aliphatic rings. The molecule has 0 nitrogen and oxygen atoms in total. The van der Waals surface area contributed by atoms with Gasteiger partial charge in [-0.15, -0.1) is 0 Å². The lowest BCUT2D eigenvalue weighted by atomic mass is 10.0. The summed E-state index contributed by atoms with van der Waals surface area (Å²) in [6.07, 6.45) is 9.50. The van der Waals surface area contributed by atoms with Crippen LogP contribution >= 0.6 is 30.1 Å². The standard InChI is InChI=1S/C6H11.Al.3ClH/c1-2-4-6-5-3-1;;;;/h1H,2-6H2;;3*1H/q;+3;;;/p-3. The monoisotopic (exact) mass is 215 g/mol. The number of halogens is 3. The predicted molar refractivity (Wildman–Crippen MR) is 50.7 cm³/mol. The molecule has 0 spiro atoms. The molecule has 0 atom stereocenters. The van der Waals surface area contributed by atoms with Crippen LogP contribution in [-0.4, -0.2) is 11.4 Å². The molecule has 0 aromatic carbocycles. The van der Waals surface area contributed by atoms with E-state index in [1.54, 1.807) is 0 Å². The van der Waals surface area contributed by atoms with Gasteiger partial charge in [0.15, 0.2) is 0 Å².